The molecule has 0 unspecified atom stereocenters. The van der Waals surface area contributed by atoms with Crippen molar-refractivity contribution >= 4 is 24.7 Å². The smallest absolute Gasteiger partial charge is 0.216 e. The highest BCUT2D eigenvalue weighted by molar-refractivity contribution is 6.84. The van der Waals surface area contributed by atoms with Gasteiger partial charge in [0, 0.05) is 5.22 Å². The van der Waals surface area contributed by atoms with Gasteiger partial charge in [-0.05, 0) is 59.9 Å². The second kappa shape index (κ2) is 5.99. The molecule has 0 radical (unpaired) electrons. The van der Waals surface area contributed by atoms with Crippen LogP contribution in [0.4, 0.5) is 0 Å². The molecule has 0 aromatic carbocycles. The molecule has 0 aliphatic carbocycles. The van der Waals surface area contributed by atoms with Gasteiger partial charge in [-0.15, -0.1) is 0 Å². The van der Waals surface area contributed by atoms with Crippen molar-refractivity contribution in [2.75, 3.05) is 0 Å². The van der Waals surface area contributed by atoms with Gasteiger partial charge in [-0.1, -0.05) is 28.1 Å². The minimum atomic E-state index is -1.99. The van der Waals surface area contributed by atoms with Gasteiger partial charge in [0.05, 0.1) is 5.22 Å². The Morgan fingerprint density at radius 1 is 0.800 bits per heavy atom. The Bertz CT molecular complexity index is 329. The molecule has 0 aliphatic heterocycles. The molecule has 0 aromatic rings. The normalized spacial score (nSPS) is 15.6. The van der Waals surface area contributed by atoms with Crippen molar-refractivity contribution in [1.29, 1.82) is 0 Å². The van der Waals surface area contributed by atoms with E-state index in [0.29, 0.717) is 0 Å². The van der Waals surface area contributed by atoms with E-state index in [4.69, 9.17) is 8.85 Å². The van der Waals surface area contributed by atoms with Crippen molar-refractivity contribution in [2.45, 2.75) is 90.4 Å². The third-order valence-corrected chi connectivity index (χ3v) is 15.5. The minimum Gasteiger partial charge on any atom is -0.415 e. The van der Waals surface area contributed by atoms with Crippen molar-refractivity contribution in [3.63, 3.8) is 0 Å². The summed E-state index contributed by atoms with van der Waals surface area (Å²) in [4.78, 5) is 0. The van der Waals surface area contributed by atoms with Crippen LogP contribution in [-0.2, 0) is 8.85 Å². The first-order chi connectivity index (χ1) is 8.47. The average Bonchev–Trinajstić information content (AvgIpc) is 2.12. The third kappa shape index (κ3) is 5.09. The molecular weight excluding hydrogens is 296 g/mol. The molecule has 0 heterocycles. The monoisotopic (exact) mass is 333 g/mol. The lowest BCUT2D eigenvalue weighted by molar-refractivity contribution is 0.0995. The molecule has 0 fully saturated rings. The summed E-state index contributed by atoms with van der Waals surface area (Å²) in [6.07, 6.45) is 0. The van der Waals surface area contributed by atoms with Crippen LogP contribution in [0.3, 0.4) is 0 Å². The highest BCUT2D eigenvalue weighted by Crippen LogP contribution is 2.35. The molecule has 0 atom stereocenters. The van der Waals surface area contributed by atoms with Crippen LogP contribution in [-0.4, -0.2) is 35.2 Å². The molecule has 2 nitrogen and oxygen atoms in total. The van der Waals surface area contributed by atoms with E-state index in [1.807, 2.05) is 0 Å². The van der Waals surface area contributed by atoms with Crippen LogP contribution in [0.15, 0.2) is 0 Å². The maximum atomic E-state index is 6.68. The molecule has 122 valence electrons. The molecule has 0 spiro atoms. The predicted octanol–water partition coefficient (Wildman–Crippen LogP) is 5.17. The van der Waals surface area contributed by atoms with Crippen molar-refractivity contribution in [2.24, 2.45) is 0 Å². The Hall–Kier alpha value is 0.571. The lowest BCUT2D eigenvalue weighted by atomic mass is 10.5. The first-order valence-corrected chi connectivity index (χ1v) is 17.0. The van der Waals surface area contributed by atoms with Crippen LogP contribution in [0, 0.1) is 6.55 Å². The van der Waals surface area contributed by atoms with E-state index in [2.05, 4.69) is 80.4 Å². The molecule has 20 heavy (non-hydrogen) atoms. The molecule has 0 amide bonds. The first-order valence-electron chi connectivity index (χ1n) is 7.73. The fourth-order valence-corrected chi connectivity index (χ4v) is 8.51. The molecular formula is C15H37O2Si3-. The standard InChI is InChI=1S/C15H37O2Si3/c1-13-19(9,10)16-15(4,5)20(11,12)17-14(2,3)18(6,7)8/h6,13H2,1-5,7-12H3/q-1. The lowest BCUT2D eigenvalue weighted by Crippen LogP contribution is -2.64. The van der Waals surface area contributed by atoms with Gasteiger partial charge in [-0.3, -0.25) is 0 Å². The number of hydrogen-bond donors (Lipinski definition) is 0. The Balaban J connectivity index is 5.22. The molecule has 0 bridgehead atoms. The average molecular weight is 334 g/mol. The highest BCUT2D eigenvalue weighted by atomic mass is 28.4. The molecule has 0 N–H and O–H groups in total. The van der Waals surface area contributed by atoms with Gasteiger partial charge in [0.1, 0.15) is 0 Å². The number of hydrogen-bond acceptors (Lipinski definition) is 2. The van der Waals surface area contributed by atoms with E-state index < -0.39 is 24.7 Å². The zero-order valence-electron chi connectivity index (χ0n) is 15.7. The Morgan fingerprint density at radius 2 is 1.20 bits per heavy atom. The molecule has 5 heteroatoms. The van der Waals surface area contributed by atoms with Gasteiger partial charge in [0.25, 0.3) is 0 Å². The summed E-state index contributed by atoms with van der Waals surface area (Å²) in [5.74, 6) is 0. The molecule has 0 aliphatic rings. The second-order valence-corrected chi connectivity index (χ2v) is 22.6. The minimum absolute atomic E-state index is 0.124. The van der Waals surface area contributed by atoms with Crippen LogP contribution in [0.2, 0.25) is 45.3 Å². The summed E-state index contributed by atoms with van der Waals surface area (Å²) >= 11 is 0. The molecule has 0 saturated carbocycles. The number of rotatable bonds is 7. The van der Waals surface area contributed by atoms with Gasteiger partial charge >= 0.3 is 0 Å². The topological polar surface area (TPSA) is 18.5 Å². The van der Waals surface area contributed by atoms with E-state index >= 15 is 0 Å². The summed E-state index contributed by atoms with van der Waals surface area (Å²) < 4.78 is 13.2. The molecule has 0 rings (SSSR count). The van der Waals surface area contributed by atoms with Gasteiger partial charge in [-0.2, -0.15) is 0 Å². The fraction of sp³-hybridized carbons (Fsp3) is 0.933. The Labute approximate surface area is 130 Å². The zero-order chi connectivity index (χ0) is 16.6. The fourth-order valence-electron chi connectivity index (χ4n) is 1.78. The second-order valence-electron chi connectivity index (χ2n) is 8.73. The van der Waals surface area contributed by atoms with Gasteiger partial charge in [0.15, 0.2) is 8.32 Å². The van der Waals surface area contributed by atoms with Crippen molar-refractivity contribution in [3.05, 3.63) is 6.55 Å². The first kappa shape index (κ1) is 20.6. The van der Waals surface area contributed by atoms with Crippen molar-refractivity contribution < 1.29 is 8.85 Å². The summed E-state index contributed by atoms with van der Waals surface area (Å²) in [6, 6.07) is 1.14. The summed E-state index contributed by atoms with van der Waals surface area (Å²) in [5, 5.41) is -0.295. The van der Waals surface area contributed by atoms with E-state index in [-0.39, 0.29) is 10.4 Å². The predicted molar refractivity (Wildman–Crippen MR) is 98.6 cm³/mol. The summed E-state index contributed by atoms with van der Waals surface area (Å²) in [5.41, 5.74) is 0. The SMILES string of the molecule is [CH2-][Si](C)(C)C(C)(C)O[Si](C)(C)C(C)(C)O[Si](C)(C)CC. The Kier molecular flexibility index (Phi) is 6.16. The lowest BCUT2D eigenvalue weighted by Gasteiger charge is -2.52. The summed E-state index contributed by atoms with van der Waals surface area (Å²) in [7, 11) is -5.21. The van der Waals surface area contributed by atoms with Crippen molar-refractivity contribution in [3.8, 4) is 0 Å². The summed E-state index contributed by atoms with van der Waals surface area (Å²) in [6.45, 7) is 29.2. The zero-order valence-corrected chi connectivity index (χ0v) is 18.7. The van der Waals surface area contributed by atoms with Crippen LogP contribution in [0.5, 0.6) is 0 Å². The van der Waals surface area contributed by atoms with E-state index in [9.17, 15) is 0 Å². The third-order valence-electron chi connectivity index (χ3n) is 4.97. The highest BCUT2D eigenvalue weighted by Gasteiger charge is 2.49. The molecule has 0 aromatic heterocycles. The molecule has 0 saturated heterocycles. The van der Waals surface area contributed by atoms with Crippen LogP contribution in [0.25, 0.3) is 0 Å². The van der Waals surface area contributed by atoms with Gasteiger partial charge in [-0.25, -0.2) is 0 Å². The van der Waals surface area contributed by atoms with Crippen LogP contribution in [0.1, 0.15) is 34.6 Å². The quantitative estimate of drug-likeness (QED) is 0.473. The maximum absolute atomic E-state index is 6.68. The largest absolute Gasteiger partial charge is 0.415 e. The van der Waals surface area contributed by atoms with Crippen molar-refractivity contribution in [1.82, 2.24) is 0 Å². The Morgan fingerprint density at radius 3 is 1.50 bits per heavy atom. The van der Waals surface area contributed by atoms with Gasteiger partial charge < -0.3 is 15.4 Å². The van der Waals surface area contributed by atoms with Gasteiger partial charge in [0.2, 0.25) is 8.32 Å². The van der Waals surface area contributed by atoms with Crippen LogP contribution < -0.4 is 0 Å². The van der Waals surface area contributed by atoms with Crippen LogP contribution >= 0.6 is 0 Å². The maximum Gasteiger partial charge on any atom is 0.216 e. The van der Waals surface area contributed by atoms with E-state index in [0.717, 1.165) is 6.04 Å². The van der Waals surface area contributed by atoms with E-state index in [1.165, 1.54) is 0 Å². The van der Waals surface area contributed by atoms with E-state index in [1.54, 1.807) is 0 Å².